The molecular formula is C11H24OSSi. The molecular weight excluding hydrogens is 208 g/mol. The normalized spacial score (nSPS) is 13.5. The van der Waals surface area contributed by atoms with Crippen LogP contribution >= 0.6 is 11.8 Å². The lowest BCUT2D eigenvalue weighted by Crippen LogP contribution is -2.24. The summed E-state index contributed by atoms with van der Waals surface area (Å²) in [5.41, 5.74) is 0. The first-order valence-corrected chi connectivity index (χ1v) is 9.76. The Morgan fingerprint density at radius 3 is 2.29 bits per heavy atom. The standard InChI is InChI=1S/C11H24OSSi/c1-7-13-11(9-8-10(2)3)12-14(4,5)6/h9-10H,7-8H2,1-6H3/b11-9-. The van der Waals surface area contributed by atoms with E-state index in [2.05, 4.69) is 46.5 Å². The minimum atomic E-state index is -1.42. The third-order valence-electron chi connectivity index (χ3n) is 1.45. The van der Waals surface area contributed by atoms with Crippen molar-refractivity contribution in [3.8, 4) is 0 Å². The van der Waals surface area contributed by atoms with Crippen molar-refractivity contribution >= 4 is 20.1 Å². The van der Waals surface area contributed by atoms with Crippen molar-refractivity contribution in [2.45, 2.75) is 46.8 Å². The topological polar surface area (TPSA) is 9.23 Å². The lowest BCUT2D eigenvalue weighted by atomic mass is 10.1. The highest BCUT2D eigenvalue weighted by molar-refractivity contribution is 8.02. The van der Waals surface area contributed by atoms with Gasteiger partial charge in [-0.05, 0) is 43.8 Å². The van der Waals surface area contributed by atoms with Crippen molar-refractivity contribution in [1.82, 2.24) is 0 Å². The van der Waals surface area contributed by atoms with Crippen LogP contribution in [0.5, 0.6) is 0 Å². The average Bonchev–Trinajstić information content (AvgIpc) is 1.98. The quantitative estimate of drug-likeness (QED) is 0.493. The molecule has 3 heteroatoms. The fourth-order valence-corrected chi connectivity index (χ4v) is 3.08. The second-order valence-corrected chi connectivity index (χ2v) is 10.5. The van der Waals surface area contributed by atoms with E-state index in [1.165, 1.54) is 0 Å². The average molecular weight is 232 g/mol. The lowest BCUT2D eigenvalue weighted by Gasteiger charge is -2.21. The Hall–Kier alpha value is 0.107. The van der Waals surface area contributed by atoms with Gasteiger partial charge in [0.25, 0.3) is 0 Å². The maximum absolute atomic E-state index is 5.99. The fraction of sp³-hybridized carbons (Fsp3) is 0.818. The highest BCUT2D eigenvalue weighted by Crippen LogP contribution is 2.23. The Morgan fingerprint density at radius 1 is 1.36 bits per heavy atom. The molecule has 0 atom stereocenters. The third-order valence-corrected chi connectivity index (χ3v) is 3.25. The zero-order valence-electron chi connectivity index (χ0n) is 10.4. The van der Waals surface area contributed by atoms with E-state index in [4.69, 9.17) is 4.43 Å². The molecule has 0 N–H and O–H groups in total. The maximum Gasteiger partial charge on any atom is 0.242 e. The summed E-state index contributed by atoms with van der Waals surface area (Å²) in [5, 5.41) is 1.14. The third kappa shape index (κ3) is 8.69. The van der Waals surface area contributed by atoms with Crippen LogP contribution in [0.3, 0.4) is 0 Å². The largest absolute Gasteiger partial charge is 0.540 e. The summed E-state index contributed by atoms with van der Waals surface area (Å²) in [5.74, 6) is 1.81. The first kappa shape index (κ1) is 14.1. The van der Waals surface area contributed by atoms with Crippen LogP contribution in [0.4, 0.5) is 0 Å². The van der Waals surface area contributed by atoms with E-state index in [1.54, 1.807) is 0 Å². The first-order chi connectivity index (χ1) is 6.35. The van der Waals surface area contributed by atoms with Crippen molar-refractivity contribution in [2.75, 3.05) is 5.75 Å². The Kier molecular flexibility index (Phi) is 6.61. The van der Waals surface area contributed by atoms with Gasteiger partial charge in [-0.1, -0.05) is 32.5 Å². The Balaban J connectivity index is 4.21. The van der Waals surface area contributed by atoms with Gasteiger partial charge in [0.05, 0.1) is 0 Å². The van der Waals surface area contributed by atoms with Crippen LogP contribution in [0.2, 0.25) is 19.6 Å². The van der Waals surface area contributed by atoms with Crippen molar-refractivity contribution < 1.29 is 4.43 Å². The van der Waals surface area contributed by atoms with Crippen molar-refractivity contribution in [1.29, 1.82) is 0 Å². The van der Waals surface area contributed by atoms with E-state index < -0.39 is 8.32 Å². The monoisotopic (exact) mass is 232 g/mol. The van der Waals surface area contributed by atoms with Gasteiger partial charge in [0, 0.05) is 0 Å². The Labute approximate surface area is 94.4 Å². The minimum Gasteiger partial charge on any atom is -0.540 e. The van der Waals surface area contributed by atoms with Crippen LogP contribution in [-0.2, 0) is 4.43 Å². The Morgan fingerprint density at radius 2 is 1.93 bits per heavy atom. The molecule has 1 nitrogen and oxygen atoms in total. The molecule has 0 bridgehead atoms. The molecule has 0 aliphatic rings. The van der Waals surface area contributed by atoms with Crippen LogP contribution in [0, 0.1) is 5.92 Å². The number of thioether (sulfide) groups is 1. The van der Waals surface area contributed by atoms with Gasteiger partial charge in [-0.25, -0.2) is 0 Å². The van der Waals surface area contributed by atoms with E-state index in [0.717, 1.165) is 17.3 Å². The highest BCUT2D eigenvalue weighted by atomic mass is 32.2. The second kappa shape index (κ2) is 6.56. The molecule has 0 spiro atoms. The molecule has 0 saturated carbocycles. The molecule has 0 rings (SSSR count). The van der Waals surface area contributed by atoms with Crippen molar-refractivity contribution in [3.63, 3.8) is 0 Å². The maximum atomic E-state index is 5.99. The van der Waals surface area contributed by atoms with E-state index in [9.17, 15) is 0 Å². The van der Waals surface area contributed by atoms with Crippen LogP contribution in [0.15, 0.2) is 11.2 Å². The summed E-state index contributed by atoms with van der Waals surface area (Å²) in [6.45, 7) is 13.3. The van der Waals surface area contributed by atoms with Crippen molar-refractivity contribution in [2.24, 2.45) is 5.92 Å². The predicted molar refractivity (Wildman–Crippen MR) is 70.1 cm³/mol. The molecule has 0 saturated heterocycles. The van der Waals surface area contributed by atoms with Crippen LogP contribution in [0.25, 0.3) is 0 Å². The molecule has 0 aromatic rings. The summed E-state index contributed by atoms with van der Waals surface area (Å²) in [6, 6.07) is 0. The second-order valence-electron chi connectivity index (χ2n) is 4.80. The van der Waals surface area contributed by atoms with Crippen molar-refractivity contribution in [3.05, 3.63) is 11.2 Å². The van der Waals surface area contributed by atoms with E-state index in [1.807, 2.05) is 11.8 Å². The smallest absolute Gasteiger partial charge is 0.242 e. The summed E-state index contributed by atoms with van der Waals surface area (Å²) in [4.78, 5) is 0. The number of rotatable bonds is 6. The SMILES string of the molecule is CCS/C(=C\CC(C)C)O[Si](C)(C)C. The Bertz CT molecular complexity index is 182. The van der Waals surface area contributed by atoms with E-state index in [-0.39, 0.29) is 0 Å². The zero-order chi connectivity index (χ0) is 11.2. The molecule has 0 heterocycles. The molecule has 14 heavy (non-hydrogen) atoms. The molecule has 0 fully saturated rings. The summed E-state index contributed by atoms with van der Waals surface area (Å²) >= 11 is 1.82. The summed E-state index contributed by atoms with van der Waals surface area (Å²) in [6.07, 6.45) is 3.36. The van der Waals surface area contributed by atoms with Gasteiger partial charge in [-0.3, -0.25) is 0 Å². The number of allylic oxidation sites excluding steroid dienone is 1. The minimum absolute atomic E-state index is 0.715. The van der Waals surface area contributed by atoms with Gasteiger partial charge in [-0.2, -0.15) is 0 Å². The lowest BCUT2D eigenvalue weighted by molar-refractivity contribution is 0.458. The van der Waals surface area contributed by atoms with Gasteiger partial charge >= 0.3 is 0 Å². The van der Waals surface area contributed by atoms with Crippen LogP contribution < -0.4 is 0 Å². The first-order valence-electron chi connectivity index (χ1n) is 5.37. The van der Waals surface area contributed by atoms with Gasteiger partial charge in [0.15, 0.2) is 0 Å². The molecule has 0 aliphatic carbocycles. The van der Waals surface area contributed by atoms with Gasteiger partial charge < -0.3 is 4.43 Å². The highest BCUT2D eigenvalue weighted by Gasteiger charge is 2.17. The summed E-state index contributed by atoms with van der Waals surface area (Å²) < 4.78 is 5.99. The van der Waals surface area contributed by atoms with Crippen LogP contribution in [0.1, 0.15) is 27.2 Å². The molecule has 0 unspecified atom stereocenters. The van der Waals surface area contributed by atoms with E-state index in [0.29, 0.717) is 5.92 Å². The van der Waals surface area contributed by atoms with E-state index >= 15 is 0 Å². The molecule has 0 aliphatic heterocycles. The molecule has 0 radical (unpaired) electrons. The van der Waals surface area contributed by atoms with Gasteiger partial charge in [0.1, 0.15) is 5.09 Å². The summed E-state index contributed by atoms with van der Waals surface area (Å²) in [7, 11) is -1.42. The van der Waals surface area contributed by atoms with Gasteiger partial charge in [0.2, 0.25) is 8.32 Å². The number of hydrogen-bond donors (Lipinski definition) is 0. The predicted octanol–water partition coefficient (Wildman–Crippen LogP) is 4.48. The molecule has 0 aromatic heterocycles. The van der Waals surface area contributed by atoms with Crippen LogP contribution in [-0.4, -0.2) is 14.1 Å². The fourth-order valence-electron chi connectivity index (χ4n) is 0.906. The molecule has 84 valence electrons. The molecule has 0 amide bonds. The van der Waals surface area contributed by atoms with Gasteiger partial charge in [-0.15, -0.1) is 0 Å². The molecule has 0 aromatic carbocycles. The number of hydrogen-bond acceptors (Lipinski definition) is 2. The zero-order valence-corrected chi connectivity index (χ0v) is 12.2.